The topological polar surface area (TPSA) is 60.8 Å². The van der Waals surface area contributed by atoms with Gasteiger partial charge in [0.1, 0.15) is 11.5 Å². The number of fused-ring (bicyclic) bond motifs is 9. The Hall–Kier alpha value is -7.50. The minimum atomic E-state index is -0.669. The van der Waals surface area contributed by atoms with Crippen molar-refractivity contribution in [1.29, 1.82) is 0 Å². The maximum Gasteiger partial charge on any atom is 0.164 e. The van der Waals surface area contributed by atoms with Crippen LogP contribution in [0.15, 0.2) is 194 Å². The van der Waals surface area contributed by atoms with Crippen LogP contribution < -0.4 is 4.74 Å². The standard InChI is InChI=1S/C51H32N4O/c1-3-12-33(13-4-1)36-16-11-17-38(30-36)49-53-48(35-14-5-2-6-15-35)54-50(55-49)39-23-25-47-45(32-39)51(42-20-9-7-18-40(42)41-19-8-10-21-43(41)51)44-31-37(22-24-46(44)56-47)34-26-28-52-29-27-34/h1-32H. The van der Waals surface area contributed by atoms with Crippen LogP contribution in [0.4, 0.5) is 0 Å². The Morgan fingerprint density at radius 1 is 0.321 bits per heavy atom. The zero-order chi connectivity index (χ0) is 37.1. The third kappa shape index (κ3) is 5.02. The van der Waals surface area contributed by atoms with Crippen LogP contribution in [0.5, 0.6) is 11.5 Å². The van der Waals surface area contributed by atoms with Crippen LogP contribution in [0.1, 0.15) is 22.3 Å². The highest BCUT2D eigenvalue weighted by molar-refractivity contribution is 5.90. The smallest absolute Gasteiger partial charge is 0.164 e. The fourth-order valence-electron chi connectivity index (χ4n) is 8.58. The van der Waals surface area contributed by atoms with Crippen molar-refractivity contribution in [3.8, 4) is 79.0 Å². The van der Waals surface area contributed by atoms with Crippen LogP contribution in [0.2, 0.25) is 0 Å². The highest BCUT2D eigenvalue weighted by Gasteiger charge is 2.51. The Morgan fingerprint density at radius 2 is 0.768 bits per heavy atom. The normalized spacial score (nSPS) is 12.9. The SMILES string of the molecule is c1ccc(-c2cccc(-c3nc(-c4ccccc4)nc(-c4ccc5c(c4)C4(c6cc(-c7ccncc7)ccc6O5)c5ccccc5-c5ccccc54)n3)c2)cc1. The van der Waals surface area contributed by atoms with Crippen LogP contribution in [0, 0.1) is 0 Å². The van der Waals surface area contributed by atoms with Gasteiger partial charge in [-0.25, -0.2) is 15.0 Å². The van der Waals surface area contributed by atoms with Gasteiger partial charge in [-0.2, -0.15) is 0 Å². The molecule has 262 valence electrons. The first-order valence-electron chi connectivity index (χ1n) is 18.8. The summed E-state index contributed by atoms with van der Waals surface area (Å²) in [6.07, 6.45) is 3.68. The van der Waals surface area contributed by atoms with Gasteiger partial charge in [0.15, 0.2) is 17.5 Å². The monoisotopic (exact) mass is 716 g/mol. The average Bonchev–Trinajstić information content (AvgIpc) is 3.57. The first-order chi connectivity index (χ1) is 27.7. The zero-order valence-electron chi connectivity index (χ0n) is 30.2. The van der Waals surface area contributed by atoms with E-state index in [1.807, 2.05) is 48.8 Å². The molecule has 0 amide bonds. The molecule has 5 heteroatoms. The maximum absolute atomic E-state index is 6.85. The number of benzene rings is 7. The summed E-state index contributed by atoms with van der Waals surface area (Å²) in [7, 11) is 0. The van der Waals surface area contributed by atoms with E-state index in [0.717, 1.165) is 61.6 Å². The van der Waals surface area contributed by atoms with Gasteiger partial charge >= 0.3 is 0 Å². The van der Waals surface area contributed by atoms with Crippen molar-refractivity contribution in [2.45, 2.75) is 5.41 Å². The molecule has 56 heavy (non-hydrogen) atoms. The zero-order valence-corrected chi connectivity index (χ0v) is 30.2. The quantitative estimate of drug-likeness (QED) is 0.177. The van der Waals surface area contributed by atoms with E-state index in [4.69, 9.17) is 19.7 Å². The number of nitrogens with zero attached hydrogens (tertiary/aromatic N) is 4. The Morgan fingerprint density at radius 3 is 1.41 bits per heavy atom. The van der Waals surface area contributed by atoms with Crippen LogP contribution in [0.25, 0.3) is 67.5 Å². The van der Waals surface area contributed by atoms with Crippen molar-refractivity contribution in [1.82, 2.24) is 19.9 Å². The summed E-state index contributed by atoms with van der Waals surface area (Å²) in [5.41, 5.74) is 13.5. The van der Waals surface area contributed by atoms with Crippen LogP contribution in [-0.2, 0) is 5.41 Å². The number of hydrogen-bond acceptors (Lipinski definition) is 5. The number of ether oxygens (including phenoxy) is 1. The molecule has 11 rings (SSSR count). The molecule has 0 atom stereocenters. The van der Waals surface area contributed by atoms with Gasteiger partial charge in [-0.1, -0.05) is 133 Å². The Kier molecular flexibility index (Phi) is 7.32. The van der Waals surface area contributed by atoms with Crippen LogP contribution >= 0.6 is 0 Å². The number of hydrogen-bond donors (Lipinski definition) is 0. The highest BCUT2D eigenvalue weighted by Crippen LogP contribution is 2.62. The van der Waals surface area contributed by atoms with Gasteiger partial charge < -0.3 is 4.74 Å². The van der Waals surface area contributed by atoms with Gasteiger partial charge in [0.05, 0.1) is 5.41 Å². The molecule has 1 aliphatic carbocycles. The highest BCUT2D eigenvalue weighted by atomic mass is 16.5. The second kappa shape index (κ2) is 12.8. The lowest BCUT2D eigenvalue weighted by Crippen LogP contribution is -2.32. The lowest BCUT2D eigenvalue weighted by Gasteiger charge is -2.40. The number of pyridine rings is 1. The molecule has 2 aliphatic rings. The van der Waals surface area contributed by atoms with Crippen molar-refractivity contribution in [3.05, 3.63) is 217 Å². The number of rotatable bonds is 5. The van der Waals surface area contributed by atoms with Gasteiger partial charge in [-0.05, 0) is 93.0 Å². The van der Waals surface area contributed by atoms with Gasteiger partial charge in [0, 0.05) is 40.2 Å². The van der Waals surface area contributed by atoms with E-state index in [9.17, 15) is 0 Å². The van der Waals surface area contributed by atoms with E-state index < -0.39 is 5.41 Å². The Balaban J connectivity index is 1.15. The van der Waals surface area contributed by atoms with E-state index in [1.54, 1.807) is 0 Å². The Bertz CT molecular complexity index is 2900. The second-order valence-corrected chi connectivity index (χ2v) is 14.2. The first-order valence-corrected chi connectivity index (χ1v) is 18.8. The van der Waals surface area contributed by atoms with Crippen LogP contribution in [0.3, 0.4) is 0 Å². The van der Waals surface area contributed by atoms with E-state index >= 15 is 0 Å². The molecular weight excluding hydrogens is 685 g/mol. The minimum Gasteiger partial charge on any atom is -0.457 e. The third-order valence-electron chi connectivity index (χ3n) is 11.1. The van der Waals surface area contributed by atoms with E-state index in [2.05, 4.69) is 151 Å². The summed E-state index contributed by atoms with van der Waals surface area (Å²) >= 11 is 0. The molecule has 0 bridgehead atoms. The molecule has 0 N–H and O–H groups in total. The van der Waals surface area contributed by atoms with Gasteiger partial charge in [0.25, 0.3) is 0 Å². The van der Waals surface area contributed by atoms with Crippen molar-refractivity contribution in [2.24, 2.45) is 0 Å². The predicted octanol–water partition coefficient (Wildman–Crippen LogP) is 12.1. The molecule has 0 unspecified atom stereocenters. The van der Waals surface area contributed by atoms with Gasteiger partial charge in [-0.3, -0.25) is 4.98 Å². The summed E-state index contributed by atoms with van der Waals surface area (Å²) in [5.74, 6) is 3.45. The summed E-state index contributed by atoms with van der Waals surface area (Å²) in [6, 6.07) is 63.6. The molecule has 3 heterocycles. The molecule has 0 saturated heterocycles. The fraction of sp³-hybridized carbons (Fsp3) is 0.0196. The molecule has 0 radical (unpaired) electrons. The maximum atomic E-state index is 6.85. The molecule has 1 aliphatic heterocycles. The lowest BCUT2D eigenvalue weighted by atomic mass is 9.65. The fourth-order valence-corrected chi connectivity index (χ4v) is 8.58. The molecule has 1 spiro atoms. The molecule has 7 aromatic carbocycles. The van der Waals surface area contributed by atoms with Crippen molar-refractivity contribution in [3.63, 3.8) is 0 Å². The summed E-state index contributed by atoms with van der Waals surface area (Å²) in [6.45, 7) is 0. The van der Waals surface area contributed by atoms with Crippen molar-refractivity contribution >= 4 is 0 Å². The minimum absolute atomic E-state index is 0.591. The molecule has 0 fully saturated rings. The van der Waals surface area contributed by atoms with E-state index in [-0.39, 0.29) is 0 Å². The Labute approximate surface area is 324 Å². The van der Waals surface area contributed by atoms with E-state index in [1.165, 1.54) is 22.3 Å². The van der Waals surface area contributed by atoms with Gasteiger partial charge in [-0.15, -0.1) is 0 Å². The average molecular weight is 717 g/mol. The van der Waals surface area contributed by atoms with Crippen molar-refractivity contribution in [2.75, 3.05) is 0 Å². The van der Waals surface area contributed by atoms with Crippen molar-refractivity contribution < 1.29 is 4.74 Å². The van der Waals surface area contributed by atoms with E-state index in [0.29, 0.717) is 17.5 Å². The lowest BCUT2D eigenvalue weighted by molar-refractivity contribution is 0.436. The summed E-state index contributed by atoms with van der Waals surface area (Å²) in [5, 5.41) is 0. The summed E-state index contributed by atoms with van der Waals surface area (Å²) in [4.78, 5) is 19.7. The van der Waals surface area contributed by atoms with Gasteiger partial charge in [0.2, 0.25) is 0 Å². The molecule has 5 nitrogen and oxygen atoms in total. The predicted molar refractivity (Wildman–Crippen MR) is 222 cm³/mol. The molecule has 0 saturated carbocycles. The first kappa shape index (κ1) is 32.0. The second-order valence-electron chi connectivity index (χ2n) is 14.2. The molecule has 9 aromatic rings. The van der Waals surface area contributed by atoms with Crippen LogP contribution in [-0.4, -0.2) is 19.9 Å². The molecular formula is C51H32N4O. The number of aromatic nitrogens is 4. The largest absolute Gasteiger partial charge is 0.457 e. The third-order valence-corrected chi connectivity index (χ3v) is 11.1. The molecule has 2 aromatic heterocycles. The summed E-state index contributed by atoms with van der Waals surface area (Å²) < 4.78 is 6.85.